The van der Waals surface area contributed by atoms with Crippen molar-refractivity contribution < 1.29 is 23.1 Å². The zero-order valence-electron chi connectivity index (χ0n) is 10.7. The first-order chi connectivity index (χ1) is 9.34. The van der Waals surface area contributed by atoms with Crippen LogP contribution in [0.2, 0.25) is 0 Å². The number of carboxylic acids is 1. The maximum atomic E-state index is 12.5. The molecule has 2 rings (SSSR count). The molecule has 0 amide bonds. The van der Waals surface area contributed by atoms with Gasteiger partial charge in [0, 0.05) is 18.1 Å². The Bertz CT molecular complexity index is 625. The van der Waals surface area contributed by atoms with Crippen LogP contribution in [0.1, 0.15) is 16.8 Å². The second-order valence-corrected chi connectivity index (χ2v) is 7.31. The van der Waals surface area contributed by atoms with Gasteiger partial charge in [-0.25, -0.2) is 13.2 Å². The molecule has 20 heavy (non-hydrogen) atoms. The van der Waals surface area contributed by atoms with Crippen molar-refractivity contribution in [1.82, 2.24) is 4.31 Å². The van der Waals surface area contributed by atoms with Crippen molar-refractivity contribution in [2.24, 2.45) is 0 Å². The molecule has 0 spiro atoms. The first-order valence-electron chi connectivity index (χ1n) is 5.92. The molecule has 8 heteroatoms. The fourth-order valence-electron chi connectivity index (χ4n) is 2.00. The summed E-state index contributed by atoms with van der Waals surface area (Å²) in [6.45, 7) is 0.921. The lowest BCUT2D eigenvalue weighted by molar-refractivity contribution is 0.0696. The highest BCUT2D eigenvalue weighted by atomic mass is 79.9. The van der Waals surface area contributed by atoms with E-state index in [9.17, 15) is 13.2 Å². The van der Waals surface area contributed by atoms with E-state index in [0.29, 0.717) is 19.6 Å². The number of rotatable bonds is 4. The van der Waals surface area contributed by atoms with Gasteiger partial charge in [-0.15, -0.1) is 0 Å². The largest absolute Gasteiger partial charge is 0.478 e. The molecule has 0 bridgehead atoms. The number of halogens is 1. The predicted octanol–water partition coefficient (Wildman–Crippen LogP) is 1.56. The average molecular weight is 364 g/mol. The smallest absolute Gasteiger partial charge is 0.335 e. The van der Waals surface area contributed by atoms with Crippen LogP contribution in [0, 0.1) is 0 Å². The summed E-state index contributed by atoms with van der Waals surface area (Å²) in [5.41, 5.74) is 0.0303. The SMILES string of the molecule is CN(C1CCOC1)S(=O)(=O)c1ccc(C(=O)O)cc1Br. The van der Waals surface area contributed by atoms with Gasteiger partial charge in [0.25, 0.3) is 0 Å². The predicted molar refractivity (Wildman–Crippen MR) is 75.3 cm³/mol. The van der Waals surface area contributed by atoms with E-state index in [4.69, 9.17) is 9.84 Å². The number of sulfonamides is 1. The van der Waals surface area contributed by atoms with Crippen molar-refractivity contribution in [1.29, 1.82) is 0 Å². The fraction of sp³-hybridized carbons (Fsp3) is 0.417. The maximum absolute atomic E-state index is 12.5. The number of aromatic carboxylic acids is 1. The van der Waals surface area contributed by atoms with E-state index in [-0.39, 0.29) is 21.0 Å². The van der Waals surface area contributed by atoms with Gasteiger partial charge in [0.1, 0.15) is 0 Å². The van der Waals surface area contributed by atoms with Crippen LogP contribution in [0.4, 0.5) is 0 Å². The minimum atomic E-state index is -3.68. The molecule has 1 atom stereocenters. The monoisotopic (exact) mass is 363 g/mol. The third-order valence-corrected chi connectivity index (χ3v) is 6.14. The summed E-state index contributed by atoms with van der Waals surface area (Å²) in [4.78, 5) is 10.9. The van der Waals surface area contributed by atoms with Gasteiger partial charge >= 0.3 is 5.97 Å². The third kappa shape index (κ3) is 2.88. The number of hydrogen-bond donors (Lipinski definition) is 1. The lowest BCUT2D eigenvalue weighted by Gasteiger charge is -2.23. The summed E-state index contributed by atoms with van der Waals surface area (Å²) in [6.07, 6.45) is 0.653. The van der Waals surface area contributed by atoms with Crippen molar-refractivity contribution in [2.75, 3.05) is 20.3 Å². The number of hydrogen-bond acceptors (Lipinski definition) is 4. The Morgan fingerprint density at radius 1 is 1.50 bits per heavy atom. The zero-order valence-corrected chi connectivity index (χ0v) is 13.1. The molecular weight excluding hydrogens is 350 g/mol. The summed E-state index contributed by atoms with van der Waals surface area (Å²) >= 11 is 3.13. The van der Waals surface area contributed by atoms with Gasteiger partial charge in [0.15, 0.2) is 0 Å². The highest BCUT2D eigenvalue weighted by molar-refractivity contribution is 9.10. The Kier molecular flexibility index (Phi) is 4.48. The second kappa shape index (κ2) is 5.80. The molecule has 1 aromatic rings. The summed E-state index contributed by atoms with van der Waals surface area (Å²) in [5, 5.41) is 8.89. The minimum absolute atomic E-state index is 0.0303. The highest BCUT2D eigenvalue weighted by Crippen LogP contribution is 2.28. The van der Waals surface area contributed by atoms with E-state index in [1.807, 2.05) is 0 Å². The van der Waals surface area contributed by atoms with Crippen molar-refractivity contribution in [3.63, 3.8) is 0 Å². The van der Waals surface area contributed by atoms with E-state index in [1.165, 1.54) is 29.6 Å². The van der Waals surface area contributed by atoms with Crippen LogP contribution >= 0.6 is 15.9 Å². The van der Waals surface area contributed by atoms with Crippen molar-refractivity contribution in [3.8, 4) is 0 Å². The molecule has 0 aromatic heterocycles. The molecule has 1 aliphatic rings. The van der Waals surface area contributed by atoms with Gasteiger partial charge in [-0.3, -0.25) is 0 Å². The van der Waals surface area contributed by atoms with Gasteiger partial charge in [0.2, 0.25) is 10.0 Å². The first-order valence-corrected chi connectivity index (χ1v) is 8.16. The van der Waals surface area contributed by atoms with E-state index in [2.05, 4.69) is 15.9 Å². The van der Waals surface area contributed by atoms with Gasteiger partial charge in [-0.05, 0) is 40.5 Å². The molecule has 1 fully saturated rings. The molecule has 1 aromatic carbocycles. The molecule has 1 saturated heterocycles. The lowest BCUT2D eigenvalue weighted by Crippen LogP contribution is -2.37. The zero-order chi connectivity index (χ0) is 14.9. The Hall–Kier alpha value is -0.960. The van der Waals surface area contributed by atoms with Crippen LogP contribution in [0.5, 0.6) is 0 Å². The normalized spacial score (nSPS) is 19.4. The maximum Gasteiger partial charge on any atom is 0.335 e. The van der Waals surface area contributed by atoms with Crippen molar-refractivity contribution >= 4 is 31.9 Å². The van der Waals surface area contributed by atoms with Crippen LogP contribution in [0.15, 0.2) is 27.6 Å². The molecule has 1 N–H and O–H groups in total. The quantitative estimate of drug-likeness (QED) is 0.877. The molecule has 1 heterocycles. The average Bonchev–Trinajstić information content (AvgIpc) is 2.90. The molecule has 0 saturated carbocycles. The van der Waals surface area contributed by atoms with Crippen molar-refractivity contribution in [3.05, 3.63) is 28.2 Å². The summed E-state index contributed by atoms with van der Waals surface area (Å²) in [6, 6.07) is 3.67. The Morgan fingerprint density at radius 3 is 2.70 bits per heavy atom. The minimum Gasteiger partial charge on any atom is -0.478 e. The van der Waals surface area contributed by atoms with Crippen LogP contribution in [0.3, 0.4) is 0 Å². The number of ether oxygens (including phenoxy) is 1. The number of benzene rings is 1. The number of nitrogens with zero attached hydrogens (tertiary/aromatic N) is 1. The molecule has 1 aliphatic heterocycles. The van der Waals surface area contributed by atoms with Crippen LogP contribution in [-0.2, 0) is 14.8 Å². The number of carbonyl (C=O) groups is 1. The molecule has 110 valence electrons. The Morgan fingerprint density at radius 2 is 2.20 bits per heavy atom. The van der Waals surface area contributed by atoms with E-state index >= 15 is 0 Å². The third-order valence-electron chi connectivity index (χ3n) is 3.26. The van der Waals surface area contributed by atoms with Crippen LogP contribution in [0.25, 0.3) is 0 Å². The second-order valence-electron chi connectivity index (χ2n) is 4.49. The van der Waals surface area contributed by atoms with Gasteiger partial charge in [-0.1, -0.05) is 0 Å². The number of likely N-dealkylation sites (N-methyl/N-ethyl adjacent to an activating group) is 1. The molecular formula is C12H14BrNO5S. The number of carboxylic acid groups (broad SMARTS) is 1. The van der Waals surface area contributed by atoms with Crippen LogP contribution in [-0.4, -0.2) is 50.1 Å². The fourth-order valence-corrected chi connectivity index (χ4v) is 4.41. The lowest BCUT2D eigenvalue weighted by atomic mass is 10.2. The van der Waals surface area contributed by atoms with Crippen LogP contribution < -0.4 is 0 Å². The van der Waals surface area contributed by atoms with Gasteiger partial charge in [0.05, 0.1) is 23.1 Å². The highest BCUT2D eigenvalue weighted by Gasteiger charge is 2.32. The van der Waals surface area contributed by atoms with E-state index < -0.39 is 16.0 Å². The standard InChI is InChI=1S/C12H14BrNO5S/c1-14(9-4-5-19-7-9)20(17,18)11-3-2-8(12(15)16)6-10(11)13/h2-3,6,9H,4-5,7H2,1H3,(H,15,16). The topological polar surface area (TPSA) is 83.9 Å². The Labute approximate surface area is 125 Å². The first kappa shape index (κ1) is 15.4. The summed E-state index contributed by atoms with van der Waals surface area (Å²) < 4.78 is 31.7. The van der Waals surface area contributed by atoms with E-state index in [0.717, 1.165) is 0 Å². The molecule has 0 radical (unpaired) electrons. The van der Waals surface area contributed by atoms with Crippen molar-refractivity contribution in [2.45, 2.75) is 17.4 Å². The van der Waals surface area contributed by atoms with Gasteiger partial charge in [-0.2, -0.15) is 4.31 Å². The summed E-state index contributed by atoms with van der Waals surface area (Å²) in [5.74, 6) is -1.10. The molecule has 0 aliphatic carbocycles. The Balaban J connectivity index is 2.36. The summed E-state index contributed by atoms with van der Waals surface area (Å²) in [7, 11) is -2.18. The molecule has 1 unspecified atom stereocenters. The van der Waals surface area contributed by atoms with Gasteiger partial charge < -0.3 is 9.84 Å². The van der Waals surface area contributed by atoms with E-state index in [1.54, 1.807) is 0 Å². The molecule has 6 nitrogen and oxygen atoms in total.